The summed E-state index contributed by atoms with van der Waals surface area (Å²) in [6.07, 6.45) is 10.1. The van der Waals surface area contributed by atoms with Gasteiger partial charge in [-0.25, -0.2) is 0 Å². The Morgan fingerprint density at radius 1 is 1.04 bits per heavy atom. The first kappa shape index (κ1) is 15.3. The van der Waals surface area contributed by atoms with Crippen LogP contribution in [0.3, 0.4) is 0 Å². The molecule has 3 N–H and O–H groups in total. The normalized spacial score (nSPS) is 21.7. The van der Waals surface area contributed by atoms with Gasteiger partial charge in [0.15, 0.2) is 0 Å². The first-order chi connectivity index (χ1) is 13.3. The minimum absolute atomic E-state index is 0.218. The van der Waals surface area contributed by atoms with Crippen molar-refractivity contribution in [1.82, 2.24) is 20.4 Å². The Morgan fingerprint density at radius 3 is 2.67 bits per heavy atom. The Labute approximate surface area is 158 Å². The average Bonchev–Trinajstić information content (AvgIpc) is 3.28. The number of nitrogens with zero attached hydrogens (tertiary/aromatic N) is 3. The van der Waals surface area contributed by atoms with Gasteiger partial charge in [0, 0.05) is 35.3 Å². The summed E-state index contributed by atoms with van der Waals surface area (Å²) in [6, 6.07) is 2.50. The van der Waals surface area contributed by atoms with E-state index in [0.717, 1.165) is 37.1 Å². The zero-order valence-electron chi connectivity index (χ0n) is 15.6. The van der Waals surface area contributed by atoms with Gasteiger partial charge in [-0.05, 0) is 56.2 Å². The zero-order chi connectivity index (χ0) is 18.0. The molecule has 1 aromatic carbocycles. The van der Waals surface area contributed by atoms with Gasteiger partial charge in [0.2, 0.25) is 0 Å². The number of fused-ring (bicyclic) bond motifs is 4. The summed E-state index contributed by atoms with van der Waals surface area (Å²) >= 11 is 0. The Hall–Kier alpha value is -2.76. The number of benzene rings is 1. The highest BCUT2D eigenvalue weighted by Gasteiger charge is 2.35. The number of hydrogen-bond acceptors (Lipinski definition) is 4. The second-order valence-electron chi connectivity index (χ2n) is 8.06. The lowest BCUT2D eigenvalue weighted by Gasteiger charge is -2.40. The van der Waals surface area contributed by atoms with Gasteiger partial charge >= 0.3 is 0 Å². The third-order valence-electron chi connectivity index (χ3n) is 6.55. The molecule has 6 rings (SSSR count). The molecule has 2 aliphatic heterocycles. The van der Waals surface area contributed by atoms with Crippen molar-refractivity contribution in [3.05, 3.63) is 40.9 Å². The smallest absolute Gasteiger partial charge is 0.0767 e. The Kier molecular flexibility index (Phi) is 3.19. The number of hydrogen-bond donors (Lipinski definition) is 3. The van der Waals surface area contributed by atoms with E-state index in [4.69, 9.17) is 0 Å². The summed E-state index contributed by atoms with van der Waals surface area (Å²) in [4.78, 5) is 2.49. The number of aromatic nitrogens is 4. The van der Waals surface area contributed by atoms with E-state index in [2.05, 4.69) is 43.6 Å². The van der Waals surface area contributed by atoms with Crippen LogP contribution in [0.1, 0.15) is 55.0 Å². The highest BCUT2D eigenvalue weighted by Crippen LogP contribution is 2.52. The molecule has 1 unspecified atom stereocenters. The zero-order valence-corrected chi connectivity index (χ0v) is 15.6. The van der Waals surface area contributed by atoms with Crippen LogP contribution in [0.25, 0.3) is 16.5 Å². The molecule has 1 fully saturated rings. The van der Waals surface area contributed by atoms with E-state index >= 15 is 0 Å². The molecule has 2 aromatic heterocycles. The molecule has 0 saturated carbocycles. The lowest BCUT2D eigenvalue weighted by Crippen LogP contribution is -2.38. The lowest BCUT2D eigenvalue weighted by atomic mass is 9.77. The molecule has 6 nitrogen and oxygen atoms in total. The summed E-state index contributed by atoms with van der Waals surface area (Å²) < 4.78 is 0. The number of nitrogens with one attached hydrogen (secondary N) is 3. The maximum Gasteiger partial charge on any atom is 0.0767 e. The largest absolute Gasteiger partial charge is 0.372 e. The predicted octanol–water partition coefficient (Wildman–Crippen LogP) is 4.30. The van der Waals surface area contributed by atoms with Crippen molar-refractivity contribution in [2.24, 2.45) is 0 Å². The molecular weight excluding hydrogens is 336 g/mol. The quantitative estimate of drug-likeness (QED) is 0.637. The number of allylic oxidation sites excluding steroid dienone is 1. The molecule has 1 aliphatic carbocycles. The van der Waals surface area contributed by atoms with Crippen LogP contribution in [0.5, 0.6) is 0 Å². The van der Waals surface area contributed by atoms with Crippen LogP contribution >= 0.6 is 0 Å². The Balaban J connectivity index is 1.63. The van der Waals surface area contributed by atoms with Crippen molar-refractivity contribution in [3.63, 3.8) is 0 Å². The monoisotopic (exact) mass is 360 g/mol. The maximum absolute atomic E-state index is 4.37. The summed E-state index contributed by atoms with van der Waals surface area (Å²) in [5.41, 5.74) is 10.6. The fourth-order valence-corrected chi connectivity index (χ4v) is 5.02. The standard InChI is InChI=1S/C21H24N6/c1-12-15(10-22-25-12)20-14-6-3-2-5-13(14)19-16-11-23-26-17(16)9-18(21(19)24-20)27-7-4-8-27/h9-11,20,24H,2-8H2,1H3,(H,22,25)(H,23,26). The van der Waals surface area contributed by atoms with Gasteiger partial charge in [0.1, 0.15) is 0 Å². The SMILES string of the molecule is Cc1[nH]ncc1C1Nc2c(N3CCC3)cc3[nH]ncc3c2C2=C1CCCC2. The van der Waals surface area contributed by atoms with Crippen molar-refractivity contribution in [1.29, 1.82) is 0 Å². The van der Waals surface area contributed by atoms with Crippen LogP contribution in [0.15, 0.2) is 24.0 Å². The number of anilines is 2. The van der Waals surface area contributed by atoms with E-state index in [0.29, 0.717) is 0 Å². The van der Waals surface area contributed by atoms with Gasteiger partial charge in [-0.15, -0.1) is 0 Å². The van der Waals surface area contributed by atoms with E-state index in [1.165, 1.54) is 52.7 Å². The number of rotatable bonds is 2. The molecule has 0 bridgehead atoms. The lowest BCUT2D eigenvalue weighted by molar-refractivity contribution is 0.616. The fourth-order valence-electron chi connectivity index (χ4n) is 5.02. The molecule has 1 atom stereocenters. The molecule has 0 spiro atoms. The molecule has 3 aromatic rings. The Morgan fingerprint density at radius 2 is 1.89 bits per heavy atom. The predicted molar refractivity (Wildman–Crippen MR) is 108 cm³/mol. The van der Waals surface area contributed by atoms with Crippen molar-refractivity contribution >= 4 is 27.9 Å². The van der Waals surface area contributed by atoms with E-state index in [1.807, 2.05) is 12.4 Å². The average molecular weight is 360 g/mol. The van der Waals surface area contributed by atoms with Crippen LogP contribution in [-0.2, 0) is 0 Å². The van der Waals surface area contributed by atoms with Crippen molar-refractivity contribution < 1.29 is 0 Å². The van der Waals surface area contributed by atoms with Crippen molar-refractivity contribution in [3.8, 4) is 0 Å². The summed E-state index contributed by atoms with van der Waals surface area (Å²) in [7, 11) is 0. The van der Waals surface area contributed by atoms with Gasteiger partial charge in [-0.1, -0.05) is 0 Å². The first-order valence-corrected chi connectivity index (χ1v) is 10.0. The van der Waals surface area contributed by atoms with E-state index in [9.17, 15) is 0 Å². The van der Waals surface area contributed by atoms with Gasteiger partial charge < -0.3 is 10.2 Å². The molecule has 0 radical (unpaired) electrons. The molecule has 4 heterocycles. The van der Waals surface area contributed by atoms with Crippen molar-refractivity contribution in [2.45, 2.75) is 45.1 Å². The summed E-state index contributed by atoms with van der Waals surface area (Å²) in [5.74, 6) is 0. The van der Waals surface area contributed by atoms with Gasteiger partial charge in [0.25, 0.3) is 0 Å². The molecule has 138 valence electrons. The minimum atomic E-state index is 0.218. The van der Waals surface area contributed by atoms with E-state index in [-0.39, 0.29) is 6.04 Å². The Bertz CT molecular complexity index is 1070. The second-order valence-corrected chi connectivity index (χ2v) is 8.06. The molecule has 1 saturated heterocycles. The van der Waals surface area contributed by atoms with Crippen LogP contribution < -0.4 is 10.2 Å². The van der Waals surface area contributed by atoms with E-state index in [1.54, 1.807) is 5.57 Å². The summed E-state index contributed by atoms with van der Waals surface area (Å²) in [5, 5.41) is 20.2. The van der Waals surface area contributed by atoms with Crippen LogP contribution in [0.2, 0.25) is 0 Å². The molecule has 0 amide bonds. The number of H-pyrrole nitrogens is 2. The summed E-state index contributed by atoms with van der Waals surface area (Å²) in [6.45, 7) is 4.39. The third kappa shape index (κ3) is 2.13. The van der Waals surface area contributed by atoms with Gasteiger partial charge in [0.05, 0.1) is 35.3 Å². The minimum Gasteiger partial charge on any atom is -0.372 e. The highest BCUT2D eigenvalue weighted by molar-refractivity contribution is 6.05. The van der Waals surface area contributed by atoms with Crippen molar-refractivity contribution in [2.75, 3.05) is 23.3 Å². The molecular formula is C21H24N6. The fraction of sp³-hybridized carbons (Fsp3) is 0.429. The number of aryl methyl sites for hydroxylation is 1. The van der Waals surface area contributed by atoms with Gasteiger partial charge in [-0.2, -0.15) is 10.2 Å². The van der Waals surface area contributed by atoms with Crippen LogP contribution in [-0.4, -0.2) is 33.5 Å². The van der Waals surface area contributed by atoms with Crippen LogP contribution in [0.4, 0.5) is 11.4 Å². The molecule has 27 heavy (non-hydrogen) atoms. The second kappa shape index (κ2) is 5.62. The molecule has 6 heteroatoms. The van der Waals surface area contributed by atoms with Gasteiger partial charge in [-0.3, -0.25) is 10.2 Å². The molecule has 3 aliphatic rings. The van der Waals surface area contributed by atoms with E-state index < -0.39 is 0 Å². The topological polar surface area (TPSA) is 72.6 Å². The number of aromatic amines is 2. The highest BCUT2D eigenvalue weighted by atomic mass is 15.2. The maximum atomic E-state index is 4.37. The first-order valence-electron chi connectivity index (χ1n) is 10.0. The van der Waals surface area contributed by atoms with Crippen LogP contribution in [0, 0.1) is 6.92 Å². The third-order valence-corrected chi connectivity index (χ3v) is 6.55.